The molecule has 0 unspecified atom stereocenters. The number of alkyl halides is 2. The Bertz CT molecular complexity index is 607. The molecule has 9 heteroatoms. The Kier molecular flexibility index (Phi) is 5.28. The van der Waals surface area contributed by atoms with Gasteiger partial charge in [-0.05, 0) is 24.6 Å². The smallest absolute Gasteiger partial charge is 0.261 e. The third kappa shape index (κ3) is 4.39. The van der Waals surface area contributed by atoms with Crippen molar-refractivity contribution in [2.75, 3.05) is 6.54 Å². The maximum absolute atomic E-state index is 12.0. The highest BCUT2D eigenvalue weighted by molar-refractivity contribution is 9.10. The Morgan fingerprint density at radius 1 is 1.47 bits per heavy atom. The van der Waals surface area contributed by atoms with E-state index in [9.17, 15) is 22.0 Å². The topological polar surface area (TPSA) is 63.2 Å². The van der Waals surface area contributed by atoms with Gasteiger partial charge in [0.05, 0.1) is 11.4 Å². The van der Waals surface area contributed by atoms with Crippen LogP contribution < -0.4 is 5.32 Å². The summed E-state index contributed by atoms with van der Waals surface area (Å²) in [5, 5.41) is 1.98. The van der Waals surface area contributed by atoms with E-state index in [1.807, 2.05) is 5.32 Å². The molecule has 0 bridgehead atoms. The molecule has 0 atom stereocenters. The lowest BCUT2D eigenvalue weighted by Crippen LogP contribution is -2.28. The third-order valence-electron chi connectivity index (χ3n) is 2.24. The molecule has 0 heterocycles. The van der Waals surface area contributed by atoms with Crippen molar-refractivity contribution in [3.05, 3.63) is 27.7 Å². The number of halogens is 4. The first-order chi connectivity index (χ1) is 8.62. The minimum atomic E-state index is -4.03. The Morgan fingerprint density at radius 3 is 2.53 bits per heavy atom. The Balaban J connectivity index is 3.18. The fourth-order valence-corrected chi connectivity index (χ4v) is 3.13. The second-order valence-corrected chi connectivity index (χ2v) is 7.01. The molecule has 1 rings (SSSR count). The van der Waals surface area contributed by atoms with Crippen molar-refractivity contribution in [2.45, 2.75) is 18.2 Å². The van der Waals surface area contributed by atoms with Crippen molar-refractivity contribution in [3.63, 3.8) is 0 Å². The van der Waals surface area contributed by atoms with E-state index in [1.165, 1.54) is 13.0 Å². The monoisotopic (exact) mass is 375 g/mol. The lowest BCUT2D eigenvalue weighted by atomic mass is 10.1. The number of nitrogens with one attached hydrogen (secondary N) is 1. The van der Waals surface area contributed by atoms with Gasteiger partial charge in [-0.1, -0.05) is 15.9 Å². The summed E-state index contributed by atoms with van der Waals surface area (Å²) in [6.07, 6.45) is -2.69. The summed E-state index contributed by atoms with van der Waals surface area (Å²) in [7, 11) is 1.21. The summed E-state index contributed by atoms with van der Waals surface area (Å²) in [5.41, 5.74) is 0.262. The molecule has 1 aromatic rings. The summed E-state index contributed by atoms with van der Waals surface area (Å²) in [6.45, 7) is 0.688. The van der Waals surface area contributed by atoms with Crippen molar-refractivity contribution in [1.29, 1.82) is 0 Å². The van der Waals surface area contributed by atoms with Crippen LogP contribution in [0.15, 0.2) is 21.5 Å². The van der Waals surface area contributed by atoms with E-state index in [0.717, 1.165) is 6.07 Å². The van der Waals surface area contributed by atoms with E-state index in [2.05, 4.69) is 15.9 Å². The van der Waals surface area contributed by atoms with Gasteiger partial charge in [-0.2, -0.15) is 0 Å². The minimum Gasteiger partial charge on any atom is -0.346 e. The average molecular weight is 377 g/mol. The zero-order valence-electron chi connectivity index (χ0n) is 9.58. The van der Waals surface area contributed by atoms with Gasteiger partial charge >= 0.3 is 0 Å². The van der Waals surface area contributed by atoms with Gasteiger partial charge in [-0.15, -0.1) is 0 Å². The van der Waals surface area contributed by atoms with Crippen LogP contribution in [0.3, 0.4) is 0 Å². The maximum atomic E-state index is 12.0. The first-order valence-corrected chi connectivity index (χ1v) is 8.04. The molecule has 0 aliphatic heterocycles. The average Bonchev–Trinajstić information content (AvgIpc) is 2.27. The van der Waals surface area contributed by atoms with E-state index in [4.69, 9.17) is 10.7 Å². The second kappa shape index (κ2) is 6.15. The SMILES string of the molecule is Cc1c(Br)cc(C(=O)NCC(F)F)cc1S(=O)(=O)Cl. The van der Waals surface area contributed by atoms with Gasteiger partial charge in [0.25, 0.3) is 21.4 Å². The van der Waals surface area contributed by atoms with Gasteiger partial charge < -0.3 is 5.32 Å². The van der Waals surface area contributed by atoms with E-state index in [0.29, 0.717) is 10.0 Å². The molecule has 0 aliphatic carbocycles. The maximum Gasteiger partial charge on any atom is 0.261 e. The number of hydrogen-bond acceptors (Lipinski definition) is 3. The number of carbonyl (C=O) groups excluding carboxylic acids is 1. The van der Waals surface area contributed by atoms with Crippen LogP contribution in [0.1, 0.15) is 15.9 Å². The van der Waals surface area contributed by atoms with Gasteiger partial charge in [0, 0.05) is 20.7 Å². The van der Waals surface area contributed by atoms with Crippen LogP contribution in [0.25, 0.3) is 0 Å². The highest BCUT2D eigenvalue weighted by Gasteiger charge is 2.19. The largest absolute Gasteiger partial charge is 0.346 e. The molecular weight excluding hydrogens is 368 g/mol. The summed E-state index contributed by atoms with van der Waals surface area (Å²) >= 11 is 3.09. The van der Waals surface area contributed by atoms with Crippen LogP contribution in [0.4, 0.5) is 8.78 Å². The zero-order chi connectivity index (χ0) is 14.8. The second-order valence-electron chi connectivity index (χ2n) is 3.62. The predicted octanol–water partition coefficient (Wildman–Crippen LogP) is 2.68. The van der Waals surface area contributed by atoms with Crippen LogP contribution >= 0.6 is 26.6 Å². The van der Waals surface area contributed by atoms with Crippen molar-refractivity contribution in [2.24, 2.45) is 0 Å². The highest BCUT2D eigenvalue weighted by Crippen LogP contribution is 2.28. The molecule has 1 amide bonds. The molecule has 19 heavy (non-hydrogen) atoms. The number of hydrogen-bond donors (Lipinski definition) is 1. The van der Waals surface area contributed by atoms with Crippen LogP contribution in [0.5, 0.6) is 0 Å². The first kappa shape index (κ1) is 16.3. The van der Waals surface area contributed by atoms with E-state index >= 15 is 0 Å². The molecule has 0 spiro atoms. The normalized spacial score (nSPS) is 11.7. The zero-order valence-corrected chi connectivity index (χ0v) is 12.7. The van der Waals surface area contributed by atoms with Crippen LogP contribution in [-0.4, -0.2) is 27.3 Å². The van der Waals surface area contributed by atoms with Crippen LogP contribution in [0.2, 0.25) is 0 Å². The molecular formula is C10H9BrClF2NO3S. The van der Waals surface area contributed by atoms with Crippen LogP contribution in [0, 0.1) is 6.92 Å². The van der Waals surface area contributed by atoms with Crippen molar-refractivity contribution in [3.8, 4) is 0 Å². The van der Waals surface area contributed by atoms with Crippen molar-refractivity contribution in [1.82, 2.24) is 5.32 Å². The standard InChI is InChI=1S/C10H9BrClF2NO3S/c1-5-7(11)2-6(3-8(5)19(12,17)18)10(16)15-4-9(13)14/h2-3,9H,4H2,1H3,(H,15,16). The number of carbonyl (C=O) groups is 1. The Morgan fingerprint density at radius 2 is 2.05 bits per heavy atom. The number of amides is 1. The molecule has 1 aromatic carbocycles. The Labute approximate surface area is 121 Å². The summed E-state index contributed by atoms with van der Waals surface area (Å²) in [4.78, 5) is 11.3. The predicted molar refractivity (Wildman–Crippen MR) is 70.3 cm³/mol. The fraction of sp³-hybridized carbons (Fsp3) is 0.300. The molecule has 0 aromatic heterocycles. The van der Waals surface area contributed by atoms with Gasteiger partial charge in [0.1, 0.15) is 0 Å². The lowest BCUT2D eigenvalue weighted by molar-refractivity contribution is 0.0891. The van der Waals surface area contributed by atoms with Gasteiger partial charge in [0.15, 0.2) is 0 Å². The van der Waals surface area contributed by atoms with Crippen LogP contribution in [-0.2, 0) is 9.05 Å². The summed E-state index contributed by atoms with van der Waals surface area (Å²) < 4.78 is 47.0. The molecule has 0 saturated carbocycles. The molecule has 0 saturated heterocycles. The quantitative estimate of drug-likeness (QED) is 0.822. The van der Waals surface area contributed by atoms with Crippen molar-refractivity contribution >= 4 is 41.6 Å². The molecule has 0 fully saturated rings. The van der Waals surface area contributed by atoms with E-state index in [-0.39, 0.29) is 10.5 Å². The van der Waals surface area contributed by atoms with Gasteiger partial charge in [-0.25, -0.2) is 17.2 Å². The minimum absolute atomic E-state index is 0.0719. The third-order valence-corrected chi connectivity index (χ3v) is 4.51. The molecule has 0 aliphatic rings. The van der Waals surface area contributed by atoms with E-state index in [1.54, 1.807) is 0 Å². The van der Waals surface area contributed by atoms with Crippen molar-refractivity contribution < 1.29 is 22.0 Å². The molecule has 4 nitrogen and oxygen atoms in total. The van der Waals surface area contributed by atoms with Gasteiger partial charge in [0.2, 0.25) is 0 Å². The molecule has 0 radical (unpaired) electrons. The molecule has 106 valence electrons. The number of rotatable bonds is 4. The molecule has 1 N–H and O–H groups in total. The number of benzene rings is 1. The lowest BCUT2D eigenvalue weighted by Gasteiger charge is -2.09. The first-order valence-electron chi connectivity index (χ1n) is 4.94. The van der Waals surface area contributed by atoms with E-state index < -0.39 is 27.9 Å². The summed E-state index contributed by atoms with van der Waals surface area (Å²) in [5.74, 6) is -0.803. The summed E-state index contributed by atoms with van der Waals surface area (Å²) in [6, 6.07) is 2.38. The Hall–Kier alpha value is -0.730. The fourth-order valence-electron chi connectivity index (χ4n) is 1.31. The highest BCUT2D eigenvalue weighted by atomic mass is 79.9. The van der Waals surface area contributed by atoms with Gasteiger partial charge in [-0.3, -0.25) is 4.79 Å².